The summed E-state index contributed by atoms with van der Waals surface area (Å²) in [6.45, 7) is 7.27. The van der Waals surface area contributed by atoms with Gasteiger partial charge in [-0.1, -0.05) is 31.5 Å². The lowest BCUT2D eigenvalue weighted by atomic mass is 10.1. The number of anilines is 1. The normalized spacial score (nSPS) is 13.2. The number of rotatable bonds is 3. The maximum atomic E-state index is 11.7. The standard InChI is InChI=1S/C12H15NO2.C2H6/c1-9-3-4-11-10(7-9)8-12(14)13(11)5-6-15-2;1-2/h3-4,7H,5-6,8H2,1-2H3;1-2H3. The smallest absolute Gasteiger partial charge is 0.231 e. The number of aryl methyl sites for hydroxylation is 1. The first kappa shape index (κ1) is 13.7. The molecule has 1 amide bonds. The Morgan fingerprint density at radius 1 is 1.35 bits per heavy atom. The molecule has 0 aliphatic carbocycles. The average Bonchev–Trinajstić information content (AvgIpc) is 2.64. The molecule has 0 unspecified atom stereocenters. The number of benzene rings is 1. The first-order chi connectivity index (χ1) is 8.22. The van der Waals surface area contributed by atoms with Crippen molar-refractivity contribution >= 4 is 11.6 Å². The second-order valence-electron chi connectivity index (χ2n) is 3.85. The summed E-state index contributed by atoms with van der Waals surface area (Å²) < 4.78 is 5.00. The number of nitrogens with zero attached hydrogens (tertiary/aromatic N) is 1. The van der Waals surface area contributed by atoms with Crippen molar-refractivity contribution in [2.75, 3.05) is 25.2 Å². The molecule has 3 nitrogen and oxygen atoms in total. The van der Waals surface area contributed by atoms with Gasteiger partial charge in [0, 0.05) is 19.3 Å². The van der Waals surface area contributed by atoms with E-state index < -0.39 is 0 Å². The first-order valence-corrected chi connectivity index (χ1v) is 6.11. The summed E-state index contributed by atoms with van der Waals surface area (Å²) in [5.74, 6) is 0.174. The Balaban J connectivity index is 0.000000686. The Hall–Kier alpha value is -1.35. The van der Waals surface area contributed by atoms with Crippen LogP contribution >= 0.6 is 0 Å². The number of carbonyl (C=O) groups excluding carboxylic acids is 1. The van der Waals surface area contributed by atoms with Crippen LogP contribution in [0.5, 0.6) is 0 Å². The molecular weight excluding hydrogens is 214 g/mol. The van der Waals surface area contributed by atoms with Crippen LogP contribution in [0.2, 0.25) is 0 Å². The van der Waals surface area contributed by atoms with Crippen LogP contribution in [0.15, 0.2) is 18.2 Å². The van der Waals surface area contributed by atoms with Crippen molar-refractivity contribution in [3.63, 3.8) is 0 Å². The lowest BCUT2D eigenvalue weighted by molar-refractivity contribution is -0.117. The minimum atomic E-state index is 0.174. The lowest BCUT2D eigenvalue weighted by Gasteiger charge is -2.16. The van der Waals surface area contributed by atoms with Gasteiger partial charge in [-0.15, -0.1) is 0 Å². The molecule has 0 atom stereocenters. The summed E-state index contributed by atoms with van der Waals surface area (Å²) in [7, 11) is 1.65. The fourth-order valence-electron chi connectivity index (χ4n) is 1.94. The molecule has 3 heteroatoms. The minimum Gasteiger partial charge on any atom is -0.383 e. The lowest BCUT2D eigenvalue weighted by Crippen LogP contribution is -2.30. The molecule has 0 N–H and O–H groups in total. The van der Waals surface area contributed by atoms with Crippen LogP contribution in [0.25, 0.3) is 0 Å². The van der Waals surface area contributed by atoms with E-state index in [4.69, 9.17) is 4.74 Å². The van der Waals surface area contributed by atoms with Gasteiger partial charge in [0.05, 0.1) is 13.0 Å². The van der Waals surface area contributed by atoms with E-state index in [0.717, 1.165) is 11.3 Å². The van der Waals surface area contributed by atoms with Crippen molar-refractivity contribution in [1.29, 1.82) is 0 Å². The highest BCUT2D eigenvalue weighted by Crippen LogP contribution is 2.29. The summed E-state index contributed by atoms with van der Waals surface area (Å²) >= 11 is 0. The molecule has 0 bridgehead atoms. The van der Waals surface area contributed by atoms with Gasteiger partial charge >= 0.3 is 0 Å². The van der Waals surface area contributed by atoms with E-state index in [0.29, 0.717) is 19.6 Å². The van der Waals surface area contributed by atoms with E-state index in [-0.39, 0.29) is 5.91 Å². The van der Waals surface area contributed by atoms with Crippen LogP contribution in [0.4, 0.5) is 5.69 Å². The third-order valence-electron chi connectivity index (χ3n) is 2.69. The third-order valence-corrected chi connectivity index (χ3v) is 2.69. The van der Waals surface area contributed by atoms with Crippen LogP contribution < -0.4 is 4.90 Å². The second kappa shape index (κ2) is 6.40. The number of amides is 1. The summed E-state index contributed by atoms with van der Waals surface area (Å²) in [6.07, 6.45) is 0.528. The highest BCUT2D eigenvalue weighted by molar-refractivity contribution is 6.01. The minimum absolute atomic E-state index is 0.174. The SMILES string of the molecule is CC.COCCN1C(=O)Cc2cc(C)ccc21. The molecule has 0 radical (unpaired) electrons. The highest BCUT2D eigenvalue weighted by Gasteiger charge is 2.26. The fraction of sp³-hybridized carbons (Fsp3) is 0.500. The zero-order valence-corrected chi connectivity index (χ0v) is 11.1. The summed E-state index contributed by atoms with van der Waals surface area (Å²) in [6, 6.07) is 6.14. The summed E-state index contributed by atoms with van der Waals surface area (Å²) in [5, 5.41) is 0. The number of hydrogen-bond donors (Lipinski definition) is 0. The van der Waals surface area contributed by atoms with E-state index >= 15 is 0 Å². The van der Waals surface area contributed by atoms with Crippen molar-refractivity contribution in [3.05, 3.63) is 29.3 Å². The Morgan fingerprint density at radius 2 is 2.06 bits per heavy atom. The Bertz CT molecular complexity index is 388. The quantitative estimate of drug-likeness (QED) is 0.805. The number of fused-ring (bicyclic) bond motifs is 1. The molecule has 94 valence electrons. The molecular formula is C14H21NO2. The predicted molar refractivity (Wildman–Crippen MR) is 70.5 cm³/mol. The monoisotopic (exact) mass is 235 g/mol. The van der Waals surface area contributed by atoms with Gasteiger partial charge in [-0.25, -0.2) is 0 Å². The molecule has 1 aliphatic heterocycles. The van der Waals surface area contributed by atoms with Crippen LogP contribution in [-0.4, -0.2) is 26.2 Å². The van der Waals surface area contributed by atoms with Crippen molar-refractivity contribution in [3.8, 4) is 0 Å². The summed E-state index contributed by atoms with van der Waals surface area (Å²) in [5.41, 5.74) is 3.38. The molecule has 0 fully saturated rings. The number of carbonyl (C=O) groups is 1. The van der Waals surface area contributed by atoms with Crippen LogP contribution in [0.3, 0.4) is 0 Å². The molecule has 0 spiro atoms. The van der Waals surface area contributed by atoms with Crippen molar-refractivity contribution in [2.45, 2.75) is 27.2 Å². The molecule has 1 aromatic carbocycles. The van der Waals surface area contributed by atoms with E-state index in [1.807, 2.05) is 32.9 Å². The van der Waals surface area contributed by atoms with Gasteiger partial charge in [0.2, 0.25) is 5.91 Å². The van der Waals surface area contributed by atoms with Crippen molar-refractivity contribution in [1.82, 2.24) is 0 Å². The molecule has 0 saturated carbocycles. The molecule has 2 rings (SSSR count). The van der Waals surface area contributed by atoms with E-state index in [1.165, 1.54) is 5.56 Å². The zero-order valence-electron chi connectivity index (χ0n) is 11.1. The number of methoxy groups -OCH3 is 1. The average molecular weight is 235 g/mol. The molecule has 0 aromatic heterocycles. The topological polar surface area (TPSA) is 29.5 Å². The van der Waals surface area contributed by atoms with Crippen LogP contribution in [-0.2, 0) is 16.0 Å². The highest BCUT2D eigenvalue weighted by atomic mass is 16.5. The van der Waals surface area contributed by atoms with E-state index in [1.54, 1.807) is 12.0 Å². The van der Waals surface area contributed by atoms with E-state index in [2.05, 4.69) is 6.07 Å². The maximum absolute atomic E-state index is 11.7. The molecule has 1 heterocycles. The van der Waals surface area contributed by atoms with Gasteiger partial charge in [0.15, 0.2) is 0 Å². The van der Waals surface area contributed by atoms with Crippen LogP contribution in [0, 0.1) is 6.92 Å². The summed E-state index contributed by atoms with van der Waals surface area (Å²) in [4.78, 5) is 13.5. The van der Waals surface area contributed by atoms with Gasteiger partial charge in [-0.05, 0) is 18.6 Å². The van der Waals surface area contributed by atoms with Gasteiger partial charge in [-0.3, -0.25) is 4.79 Å². The molecule has 1 aromatic rings. The Labute approximate surface area is 103 Å². The molecule has 1 aliphatic rings. The molecule has 0 saturated heterocycles. The first-order valence-electron chi connectivity index (χ1n) is 6.11. The van der Waals surface area contributed by atoms with Crippen molar-refractivity contribution < 1.29 is 9.53 Å². The Morgan fingerprint density at radius 3 is 2.71 bits per heavy atom. The fourth-order valence-corrected chi connectivity index (χ4v) is 1.94. The second-order valence-corrected chi connectivity index (χ2v) is 3.85. The predicted octanol–water partition coefficient (Wildman–Crippen LogP) is 2.56. The Kier molecular flexibility index (Phi) is 5.16. The maximum Gasteiger partial charge on any atom is 0.231 e. The van der Waals surface area contributed by atoms with Crippen LogP contribution in [0.1, 0.15) is 25.0 Å². The number of hydrogen-bond acceptors (Lipinski definition) is 2. The van der Waals surface area contributed by atoms with Gasteiger partial charge in [-0.2, -0.15) is 0 Å². The number of ether oxygens (including phenoxy) is 1. The largest absolute Gasteiger partial charge is 0.383 e. The van der Waals surface area contributed by atoms with Gasteiger partial charge < -0.3 is 9.64 Å². The third kappa shape index (κ3) is 3.07. The van der Waals surface area contributed by atoms with E-state index in [9.17, 15) is 4.79 Å². The van der Waals surface area contributed by atoms with Gasteiger partial charge in [0.25, 0.3) is 0 Å². The van der Waals surface area contributed by atoms with Crippen molar-refractivity contribution in [2.24, 2.45) is 0 Å². The zero-order chi connectivity index (χ0) is 12.8. The molecule has 17 heavy (non-hydrogen) atoms. The van der Waals surface area contributed by atoms with Gasteiger partial charge in [0.1, 0.15) is 0 Å².